The number of fused-ring (bicyclic) bond motifs is 1. The average molecular weight is 380 g/mol. The first-order valence-corrected chi connectivity index (χ1v) is 8.64. The molecule has 1 aromatic heterocycles. The molecule has 1 atom stereocenters. The first kappa shape index (κ1) is 19.2. The van der Waals surface area contributed by atoms with E-state index in [-0.39, 0.29) is 13.0 Å². The summed E-state index contributed by atoms with van der Waals surface area (Å²) in [6.07, 6.45) is 0.106. The van der Waals surface area contributed by atoms with Gasteiger partial charge in [-0.25, -0.2) is 4.79 Å². The highest BCUT2D eigenvalue weighted by molar-refractivity contribution is 5.84. The Morgan fingerprint density at radius 1 is 1.14 bits per heavy atom. The van der Waals surface area contributed by atoms with Crippen LogP contribution >= 0.6 is 0 Å². The summed E-state index contributed by atoms with van der Waals surface area (Å²) in [7, 11) is 0. The summed E-state index contributed by atoms with van der Waals surface area (Å²) in [4.78, 5) is 34.9. The number of amides is 1. The normalized spacial score (nSPS) is 11.8. The quantitative estimate of drug-likeness (QED) is 0.612. The van der Waals surface area contributed by atoms with Crippen molar-refractivity contribution in [2.45, 2.75) is 19.4 Å². The van der Waals surface area contributed by atoms with E-state index in [4.69, 9.17) is 9.15 Å². The number of hydrogen-bond acceptors (Lipinski definition) is 6. The number of hydrogen-bond donors (Lipinski definition) is 1. The molecule has 0 aliphatic rings. The highest BCUT2D eigenvalue weighted by atomic mass is 16.5. The lowest BCUT2D eigenvalue weighted by Gasteiger charge is -2.20. The molecule has 2 aromatic carbocycles. The predicted octanol–water partition coefficient (Wildman–Crippen LogP) is 0.958. The van der Waals surface area contributed by atoms with Crippen LogP contribution in [0.5, 0.6) is 5.75 Å². The number of rotatable bonds is 7. The summed E-state index contributed by atoms with van der Waals surface area (Å²) in [6.45, 7) is 1.40. The van der Waals surface area contributed by atoms with Gasteiger partial charge in [-0.15, -0.1) is 0 Å². The smallest absolute Gasteiger partial charge is 0.336 e. The van der Waals surface area contributed by atoms with E-state index in [1.54, 1.807) is 43.3 Å². The summed E-state index contributed by atoms with van der Waals surface area (Å²) in [5.74, 6) is -1.65. The molecule has 0 saturated carbocycles. The van der Waals surface area contributed by atoms with Crippen LogP contribution in [0.2, 0.25) is 0 Å². The zero-order valence-electron chi connectivity index (χ0n) is 15.1. The topological polar surface area (TPSA) is 109 Å². The number of benzene rings is 2. The van der Waals surface area contributed by atoms with Crippen molar-refractivity contribution in [3.63, 3.8) is 0 Å². The van der Waals surface area contributed by atoms with Crippen LogP contribution in [0.1, 0.15) is 11.1 Å². The Kier molecular flexibility index (Phi) is 5.74. The van der Waals surface area contributed by atoms with E-state index in [1.807, 2.05) is 6.07 Å². The number of carboxylic acids is 1. The maximum Gasteiger partial charge on any atom is 0.336 e. The monoisotopic (exact) mass is 380 g/mol. The summed E-state index contributed by atoms with van der Waals surface area (Å²) in [5, 5.41) is 14.5. The van der Waals surface area contributed by atoms with Gasteiger partial charge in [-0.05, 0) is 36.6 Å². The molecule has 28 heavy (non-hydrogen) atoms. The Balaban J connectivity index is 1.63. The van der Waals surface area contributed by atoms with Gasteiger partial charge in [0.1, 0.15) is 11.3 Å². The fourth-order valence-corrected chi connectivity index (χ4v) is 2.82. The van der Waals surface area contributed by atoms with Crippen LogP contribution in [0.3, 0.4) is 0 Å². The van der Waals surface area contributed by atoms with Gasteiger partial charge in [-0.1, -0.05) is 30.3 Å². The lowest BCUT2D eigenvalue weighted by Crippen LogP contribution is -2.50. The number of carbonyl (C=O) groups is 2. The Hall–Kier alpha value is -3.61. The predicted molar refractivity (Wildman–Crippen MR) is 99.8 cm³/mol. The van der Waals surface area contributed by atoms with Gasteiger partial charge in [0.05, 0.1) is 12.0 Å². The molecule has 0 bridgehead atoms. The van der Waals surface area contributed by atoms with Gasteiger partial charge in [-0.2, -0.15) is 0 Å². The Morgan fingerprint density at radius 2 is 1.89 bits per heavy atom. The van der Waals surface area contributed by atoms with Gasteiger partial charge in [-0.3, -0.25) is 4.79 Å². The summed E-state index contributed by atoms with van der Waals surface area (Å²) in [5.41, 5.74) is 1.41. The molecule has 144 valence electrons. The molecular weight excluding hydrogens is 362 g/mol. The first-order chi connectivity index (χ1) is 13.4. The fraction of sp³-hybridized carbons (Fsp3) is 0.190. The molecule has 0 aliphatic carbocycles. The van der Waals surface area contributed by atoms with Crippen molar-refractivity contribution in [3.8, 4) is 5.75 Å². The summed E-state index contributed by atoms with van der Waals surface area (Å²) in [6, 6.07) is 14.0. The number of carbonyl (C=O) groups excluding carboxylic acids is 2. The van der Waals surface area contributed by atoms with E-state index in [2.05, 4.69) is 5.32 Å². The minimum absolute atomic E-state index is 0.106. The zero-order valence-corrected chi connectivity index (χ0v) is 15.1. The van der Waals surface area contributed by atoms with E-state index >= 15 is 0 Å². The highest BCUT2D eigenvalue weighted by Crippen LogP contribution is 2.22. The van der Waals surface area contributed by atoms with Crippen LogP contribution in [0.4, 0.5) is 0 Å². The zero-order chi connectivity index (χ0) is 20.1. The number of aliphatic carboxylic acids is 1. The standard InChI is InChI=1S/C21H19NO6/c1-13-9-20(24)28-18-11-15(7-8-16(13)18)27-12-19(23)22-17(21(25)26)10-14-5-3-2-4-6-14/h2-9,11,17H,10,12H2,1H3,(H,22,23)(H,25,26)/p-1/t17-/m1/s1. The Bertz CT molecular complexity index is 1060. The van der Waals surface area contributed by atoms with Crippen LogP contribution in [0, 0.1) is 6.92 Å². The average Bonchev–Trinajstić information content (AvgIpc) is 2.66. The molecule has 0 fully saturated rings. The SMILES string of the molecule is Cc1cc(=O)oc2cc(OCC(=O)N[C@H](Cc3ccccc3)C(=O)[O-])ccc12. The number of nitrogens with one attached hydrogen (secondary N) is 1. The third-order valence-corrected chi connectivity index (χ3v) is 4.20. The van der Waals surface area contributed by atoms with Gasteiger partial charge in [0.25, 0.3) is 5.91 Å². The molecule has 3 rings (SSSR count). The lowest BCUT2D eigenvalue weighted by atomic mass is 10.1. The Labute approximate surface area is 160 Å². The number of ether oxygens (including phenoxy) is 1. The maximum absolute atomic E-state index is 12.1. The van der Waals surface area contributed by atoms with Crippen molar-refractivity contribution in [3.05, 3.63) is 76.1 Å². The van der Waals surface area contributed by atoms with E-state index < -0.39 is 23.5 Å². The van der Waals surface area contributed by atoms with Gasteiger partial charge < -0.3 is 24.4 Å². The molecule has 3 aromatic rings. The van der Waals surface area contributed by atoms with Crippen molar-refractivity contribution in [2.75, 3.05) is 6.61 Å². The van der Waals surface area contributed by atoms with E-state index in [0.717, 1.165) is 16.5 Å². The van der Waals surface area contributed by atoms with Crippen LogP contribution in [-0.4, -0.2) is 24.5 Å². The van der Waals surface area contributed by atoms with Gasteiger partial charge in [0, 0.05) is 17.5 Å². The van der Waals surface area contributed by atoms with Crippen LogP contribution in [-0.2, 0) is 16.0 Å². The lowest BCUT2D eigenvalue weighted by molar-refractivity contribution is -0.308. The fourth-order valence-electron chi connectivity index (χ4n) is 2.82. The molecule has 1 amide bonds. The Morgan fingerprint density at radius 3 is 2.61 bits per heavy atom. The minimum Gasteiger partial charge on any atom is -0.548 e. The van der Waals surface area contributed by atoms with Crippen LogP contribution in [0.15, 0.2) is 63.8 Å². The van der Waals surface area contributed by atoms with Crippen molar-refractivity contribution in [2.24, 2.45) is 0 Å². The minimum atomic E-state index is -1.37. The maximum atomic E-state index is 12.1. The molecule has 1 N–H and O–H groups in total. The molecule has 7 nitrogen and oxygen atoms in total. The second-order valence-corrected chi connectivity index (χ2v) is 6.32. The van der Waals surface area contributed by atoms with Crippen molar-refractivity contribution < 1.29 is 23.8 Å². The highest BCUT2D eigenvalue weighted by Gasteiger charge is 2.15. The number of aryl methyl sites for hydroxylation is 1. The third kappa shape index (κ3) is 4.76. The van der Waals surface area contributed by atoms with E-state index in [0.29, 0.717) is 11.3 Å². The molecule has 0 saturated heterocycles. The van der Waals surface area contributed by atoms with Crippen molar-refractivity contribution in [1.82, 2.24) is 5.32 Å². The molecule has 1 heterocycles. The van der Waals surface area contributed by atoms with Gasteiger partial charge in [0.2, 0.25) is 0 Å². The molecule has 7 heteroatoms. The largest absolute Gasteiger partial charge is 0.548 e. The summed E-state index contributed by atoms with van der Waals surface area (Å²) >= 11 is 0. The first-order valence-electron chi connectivity index (χ1n) is 8.64. The van der Waals surface area contributed by atoms with E-state index in [9.17, 15) is 19.5 Å². The third-order valence-electron chi connectivity index (χ3n) is 4.20. The van der Waals surface area contributed by atoms with Gasteiger partial charge in [0.15, 0.2) is 6.61 Å². The van der Waals surface area contributed by atoms with Crippen LogP contribution < -0.4 is 20.8 Å². The van der Waals surface area contributed by atoms with Crippen molar-refractivity contribution >= 4 is 22.8 Å². The second kappa shape index (κ2) is 8.39. The summed E-state index contributed by atoms with van der Waals surface area (Å²) < 4.78 is 10.5. The molecule has 0 radical (unpaired) electrons. The molecule has 0 spiro atoms. The second-order valence-electron chi connectivity index (χ2n) is 6.32. The molecule has 0 aliphatic heterocycles. The molecular formula is C21H18NO6-. The van der Waals surface area contributed by atoms with Gasteiger partial charge >= 0.3 is 5.63 Å². The molecule has 0 unspecified atom stereocenters. The number of carboxylic acid groups (broad SMARTS) is 1. The van der Waals surface area contributed by atoms with Crippen LogP contribution in [0.25, 0.3) is 11.0 Å². The van der Waals surface area contributed by atoms with Crippen molar-refractivity contribution in [1.29, 1.82) is 0 Å². The van der Waals surface area contributed by atoms with E-state index in [1.165, 1.54) is 12.1 Å².